The molecule has 5 nitrogen and oxygen atoms in total. The normalized spacial score (nSPS) is 11.2. The fraction of sp³-hybridized carbons (Fsp3) is 0.176. The summed E-state index contributed by atoms with van der Waals surface area (Å²) in [5, 5.41) is 8.89. The molecule has 1 amide bonds. The summed E-state index contributed by atoms with van der Waals surface area (Å²) in [6.07, 6.45) is -1.54. The largest absolute Gasteiger partial charge is 0.489 e. The second kappa shape index (κ2) is 7.70. The minimum Gasteiger partial charge on any atom is -0.489 e. The number of rotatable bonds is 6. The number of carbonyl (C=O) groups excluding carboxylic acids is 1. The maximum Gasteiger partial charge on any atom is 0.405 e. The highest BCUT2D eigenvalue weighted by molar-refractivity contribution is 5.65. The van der Waals surface area contributed by atoms with Crippen molar-refractivity contribution < 1.29 is 14.3 Å². The zero-order valence-corrected chi connectivity index (χ0v) is 11.9. The molecule has 0 aromatic heterocycles. The Morgan fingerprint density at radius 3 is 2.36 bits per heavy atom. The summed E-state index contributed by atoms with van der Waals surface area (Å²) in [5.41, 5.74) is 6.86. The lowest BCUT2D eigenvalue weighted by molar-refractivity contribution is 0.132. The minimum atomic E-state index is -0.950. The van der Waals surface area contributed by atoms with Gasteiger partial charge < -0.3 is 15.2 Å². The number of amides is 1. The molecule has 0 fully saturated rings. The molecule has 5 heteroatoms. The van der Waals surface area contributed by atoms with Crippen LogP contribution in [0.1, 0.15) is 11.1 Å². The number of hydrogen-bond acceptors (Lipinski definition) is 4. The molecular weight excluding hydrogens is 280 g/mol. The number of nitrogens with two attached hydrogens (primary N) is 1. The Bertz CT molecular complexity index is 648. The van der Waals surface area contributed by atoms with E-state index < -0.39 is 12.2 Å². The Morgan fingerprint density at radius 1 is 1.09 bits per heavy atom. The number of nitrogens with zero attached hydrogens (tertiary/aromatic N) is 1. The monoisotopic (exact) mass is 296 g/mol. The third-order valence-electron chi connectivity index (χ3n) is 3.00. The second-order valence-corrected chi connectivity index (χ2v) is 4.68. The van der Waals surface area contributed by atoms with E-state index in [-0.39, 0.29) is 0 Å². The van der Waals surface area contributed by atoms with Crippen molar-refractivity contribution in [2.45, 2.75) is 19.1 Å². The Labute approximate surface area is 128 Å². The van der Waals surface area contributed by atoms with Gasteiger partial charge in [-0.05, 0) is 23.3 Å². The van der Waals surface area contributed by atoms with Crippen molar-refractivity contribution in [1.82, 2.24) is 0 Å². The van der Waals surface area contributed by atoms with Gasteiger partial charge in [-0.1, -0.05) is 42.5 Å². The van der Waals surface area contributed by atoms with E-state index in [1.54, 1.807) is 0 Å². The van der Waals surface area contributed by atoms with Gasteiger partial charge in [0.15, 0.2) is 6.10 Å². The molecule has 0 bridgehead atoms. The van der Waals surface area contributed by atoms with Crippen LogP contribution < -0.4 is 10.5 Å². The van der Waals surface area contributed by atoms with E-state index in [0.717, 1.165) is 16.9 Å². The van der Waals surface area contributed by atoms with Crippen molar-refractivity contribution in [1.29, 1.82) is 5.26 Å². The highest BCUT2D eigenvalue weighted by atomic mass is 16.6. The number of hydrogen-bond donors (Lipinski definition) is 1. The van der Waals surface area contributed by atoms with Crippen LogP contribution in [0.2, 0.25) is 0 Å². The molecule has 2 rings (SSSR count). The molecule has 0 saturated heterocycles. The number of primary amides is 1. The molecule has 0 radical (unpaired) electrons. The number of carbonyl (C=O) groups is 1. The van der Waals surface area contributed by atoms with Crippen LogP contribution in [0, 0.1) is 11.3 Å². The third-order valence-corrected chi connectivity index (χ3v) is 3.00. The topological polar surface area (TPSA) is 85.3 Å². The van der Waals surface area contributed by atoms with E-state index >= 15 is 0 Å². The third kappa shape index (κ3) is 4.84. The maximum absolute atomic E-state index is 10.7. The Balaban J connectivity index is 1.90. The van der Waals surface area contributed by atoms with Gasteiger partial charge in [-0.2, -0.15) is 5.26 Å². The van der Waals surface area contributed by atoms with Gasteiger partial charge in [-0.15, -0.1) is 0 Å². The summed E-state index contributed by atoms with van der Waals surface area (Å²) in [4.78, 5) is 10.7. The lowest BCUT2D eigenvalue weighted by Gasteiger charge is -2.10. The van der Waals surface area contributed by atoms with Crippen molar-refractivity contribution in [3.8, 4) is 11.8 Å². The SMILES string of the molecule is N#C[C@H](Cc1ccc(OCc2ccccc2)cc1)OC(N)=O. The maximum atomic E-state index is 10.7. The van der Waals surface area contributed by atoms with Crippen LogP contribution in [0.25, 0.3) is 0 Å². The second-order valence-electron chi connectivity index (χ2n) is 4.68. The molecular formula is C17H16N2O3. The van der Waals surface area contributed by atoms with Gasteiger partial charge >= 0.3 is 6.09 Å². The first-order chi connectivity index (χ1) is 10.7. The predicted octanol–water partition coefficient (Wildman–Crippen LogP) is 2.80. The van der Waals surface area contributed by atoms with Gasteiger partial charge in [0.2, 0.25) is 0 Å². The van der Waals surface area contributed by atoms with Crippen molar-refractivity contribution in [2.75, 3.05) is 0 Å². The van der Waals surface area contributed by atoms with Crippen molar-refractivity contribution in [3.63, 3.8) is 0 Å². The van der Waals surface area contributed by atoms with E-state index in [9.17, 15) is 4.79 Å². The molecule has 0 aliphatic rings. The van der Waals surface area contributed by atoms with Crippen LogP contribution >= 0.6 is 0 Å². The number of ether oxygens (including phenoxy) is 2. The first-order valence-electron chi connectivity index (χ1n) is 6.79. The van der Waals surface area contributed by atoms with Crippen LogP contribution in [0.3, 0.4) is 0 Å². The van der Waals surface area contributed by atoms with Crippen LogP contribution in [-0.4, -0.2) is 12.2 Å². The van der Waals surface area contributed by atoms with Gasteiger partial charge in [0.1, 0.15) is 18.4 Å². The molecule has 1 atom stereocenters. The number of benzene rings is 2. The highest BCUT2D eigenvalue weighted by Crippen LogP contribution is 2.15. The van der Waals surface area contributed by atoms with Gasteiger partial charge in [-0.25, -0.2) is 4.79 Å². The van der Waals surface area contributed by atoms with Crippen LogP contribution in [-0.2, 0) is 17.8 Å². The smallest absolute Gasteiger partial charge is 0.405 e. The molecule has 0 unspecified atom stereocenters. The summed E-state index contributed by atoms with van der Waals surface area (Å²) in [7, 11) is 0. The molecule has 112 valence electrons. The Kier molecular flexibility index (Phi) is 5.38. The van der Waals surface area contributed by atoms with Gasteiger partial charge in [0.25, 0.3) is 0 Å². The summed E-state index contributed by atoms with van der Waals surface area (Å²) in [6.45, 7) is 0.492. The summed E-state index contributed by atoms with van der Waals surface area (Å²) in [6, 6.07) is 19.0. The fourth-order valence-electron chi connectivity index (χ4n) is 1.93. The van der Waals surface area contributed by atoms with E-state index in [0.29, 0.717) is 13.0 Å². The van der Waals surface area contributed by atoms with Gasteiger partial charge in [0.05, 0.1) is 0 Å². The molecule has 0 heterocycles. The van der Waals surface area contributed by atoms with Crippen LogP contribution in [0.5, 0.6) is 5.75 Å². The molecule has 2 aromatic rings. The quantitative estimate of drug-likeness (QED) is 0.888. The molecule has 0 saturated carbocycles. The van der Waals surface area contributed by atoms with Crippen LogP contribution in [0.4, 0.5) is 4.79 Å². The average molecular weight is 296 g/mol. The van der Waals surface area contributed by atoms with Crippen molar-refractivity contribution in [3.05, 3.63) is 65.7 Å². The fourth-order valence-corrected chi connectivity index (χ4v) is 1.93. The lowest BCUT2D eigenvalue weighted by atomic mass is 10.1. The molecule has 0 aliphatic heterocycles. The zero-order chi connectivity index (χ0) is 15.8. The van der Waals surface area contributed by atoms with E-state index in [4.69, 9.17) is 15.7 Å². The first-order valence-corrected chi connectivity index (χ1v) is 6.79. The van der Waals surface area contributed by atoms with Gasteiger partial charge in [0, 0.05) is 6.42 Å². The summed E-state index contributed by atoms with van der Waals surface area (Å²) < 4.78 is 10.4. The molecule has 0 aliphatic carbocycles. The van der Waals surface area contributed by atoms with Crippen molar-refractivity contribution in [2.24, 2.45) is 5.73 Å². The molecule has 0 spiro atoms. The van der Waals surface area contributed by atoms with E-state index in [2.05, 4.69) is 4.74 Å². The van der Waals surface area contributed by atoms with Gasteiger partial charge in [-0.3, -0.25) is 0 Å². The average Bonchev–Trinajstić information content (AvgIpc) is 2.54. The number of nitriles is 1. The lowest BCUT2D eigenvalue weighted by Crippen LogP contribution is -2.23. The van der Waals surface area contributed by atoms with Crippen LogP contribution in [0.15, 0.2) is 54.6 Å². The Morgan fingerprint density at radius 2 is 1.77 bits per heavy atom. The zero-order valence-electron chi connectivity index (χ0n) is 11.9. The summed E-state index contributed by atoms with van der Waals surface area (Å²) in [5.74, 6) is 0.733. The van der Waals surface area contributed by atoms with Crippen molar-refractivity contribution >= 4 is 6.09 Å². The Hall–Kier alpha value is -3.00. The summed E-state index contributed by atoms with van der Waals surface area (Å²) >= 11 is 0. The van der Waals surface area contributed by atoms with E-state index in [1.807, 2.05) is 60.7 Å². The molecule has 2 aromatic carbocycles. The first kappa shape index (κ1) is 15.4. The van der Waals surface area contributed by atoms with E-state index in [1.165, 1.54) is 0 Å². The molecule has 2 N–H and O–H groups in total. The molecule has 22 heavy (non-hydrogen) atoms. The minimum absolute atomic E-state index is 0.290. The highest BCUT2D eigenvalue weighted by Gasteiger charge is 2.12. The predicted molar refractivity (Wildman–Crippen MR) is 81.0 cm³/mol. The standard InChI is InChI=1S/C17H16N2O3/c18-11-16(22-17(19)20)10-13-6-8-15(9-7-13)21-12-14-4-2-1-3-5-14/h1-9,16H,10,12H2,(H2,19,20)/t16-/m0/s1.